The van der Waals surface area contributed by atoms with Crippen LogP contribution in [-0.4, -0.2) is 11.0 Å². The zero-order valence-corrected chi connectivity index (χ0v) is 11.1. The van der Waals surface area contributed by atoms with Crippen LogP contribution < -0.4 is 5.32 Å². The summed E-state index contributed by atoms with van der Waals surface area (Å²) < 4.78 is 0. The van der Waals surface area contributed by atoms with Gasteiger partial charge >= 0.3 is 0 Å². The lowest BCUT2D eigenvalue weighted by Gasteiger charge is -2.27. The number of hydrogen-bond acceptors (Lipinski definition) is 1. The first-order chi connectivity index (χ1) is 8.83. The van der Waals surface area contributed by atoms with Gasteiger partial charge < -0.3 is 10.3 Å². The molecule has 0 aliphatic heterocycles. The monoisotopic (exact) mass is 242 g/mol. The Balaban J connectivity index is 1.67. The molecule has 96 valence electrons. The van der Waals surface area contributed by atoms with Crippen molar-refractivity contribution in [3.63, 3.8) is 0 Å². The third kappa shape index (κ3) is 2.44. The molecule has 0 bridgehead atoms. The molecule has 0 amide bonds. The van der Waals surface area contributed by atoms with Gasteiger partial charge in [0.05, 0.1) is 0 Å². The van der Waals surface area contributed by atoms with Crippen LogP contribution in [0.1, 0.15) is 38.2 Å². The second-order valence-electron chi connectivity index (χ2n) is 5.71. The third-order valence-electron chi connectivity index (χ3n) is 4.20. The second kappa shape index (κ2) is 5.15. The van der Waals surface area contributed by atoms with Crippen molar-refractivity contribution in [2.24, 2.45) is 5.92 Å². The first-order valence-electron chi connectivity index (χ1n) is 7.11. The van der Waals surface area contributed by atoms with Crippen molar-refractivity contribution < 1.29 is 0 Å². The minimum Gasteiger partial charge on any atom is -0.361 e. The summed E-state index contributed by atoms with van der Waals surface area (Å²) in [5, 5.41) is 5.09. The standard InChI is InChI=1S/C16H22N2/c1-12-4-2-6-14(10-12)18-11-13-5-3-7-16-15(13)8-9-17-16/h3,5,7-9,12,14,17-18H,2,4,6,10-11H2,1H3. The fourth-order valence-electron chi connectivity index (χ4n) is 3.18. The molecule has 18 heavy (non-hydrogen) atoms. The predicted octanol–water partition coefficient (Wildman–Crippen LogP) is 3.84. The number of aromatic nitrogens is 1. The van der Waals surface area contributed by atoms with Gasteiger partial charge in [0, 0.05) is 29.7 Å². The maximum absolute atomic E-state index is 3.74. The van der Waals surface area contributed by atoms with E-state index in [1.165, 1.54) is 42.1 Å². The molecule has 2 nitrogen and oxygen atoms in total. The van der Waals surface area contributed by atoms with Gasteiger partial charge in [0.1, 0.15) is 0 Å². The quantitative estimate of drug-likeness (QED) is 0.841. The van der Waals surface area contributed by atoms with Crippen molar-refractivity contribution in [1.29, 1.82) is 0 Å². The summed E-state index contributed by atoms with van der Waals surface area (Å²) in [5.74, 6) is 0.888. The fourth-order valence-corrected chi connectivity index (χ4v) is 3.18. The van der Waals surface area contributed by atoms with Gasteiger partial charge in [-0.25, -0.2) is 0 Å². The zero-order valence-electron chi connectivity index (χ0n) is 11.1. The maximum Gasteiger partial charge on any atom is 0.0457 e. The molecule has 1 fully saturated rings. The molecule has 1 saturated carbocycles. The average molecular weight is 242 g/mol. The van der Waals surface area contributed by atoms with Crippen LogP contribution in [0.2, 0.25) is 0 Å². The Morgan fingerprint density at radius 2 is 2.22 bits per heavy atom. The molecule has 0 spiro atoms. The van der Waals surface area contributed by atoms with Crippen molar-refractivity contribution in [3.8, 4) is 0 Å². The molecule has 0 saturated heterocycles. The SMILES string of the molecule is CC1CCCC(NCc2cccc3[nH]ccc23)C1. The number of benzene rings is 1. The van der Waals surface area contributed by atoms with Gasteiger partial charge in [0.2, 0.25) is 0 Å². The Hall–Kier alpha value is -1.28. The molecular formula is C16H22N2. The molecule has 3 rings (SSSR count). The van der Waals surface area contributed by atoms with E-state index >= 15 is 0 Å². The Morgan fingerprint density at radius 3 is 3.11 bits per heavy atom. The van der Waals surface area contributed by atoms with E-state index in [2.05, 4.69) is 41.5 Å². The molecule has 2 unspecified atom stereocenters. The predicted molar refractivity (Wildman–Crippen MR) is 76.6 cm³/mol. The van der Waals surface area contributed by atoms with Crippen molar-refractivity contribution in [3.05, 3.63) is 36.0 Å². The highest BCUT2D eigenvalue weighted by Gasteiger charge is 2.18. The van der Waals surface area contributed by atoms with Crippen molar-refractivity contribution >= 4 is 10.9 Å². The highest BCUT2D eigenvalue weighted by molar-refractivity contribution is 5.82. The highest BCUT2D eigenvalue weighted by atomic mass is 14.9. The third-order valence-corrected chi connectivity index (χ3v) is 4.20. The normalized spacial score (nSPS) is 24.5. The van der Waals surface area contributed by atoms with E-state index in [0.717, 1.165) is 12.5 Å². The van der Waals surface area contributed by atoms with Gasteiger partial charge in [-0.1, -0.05) is 31.9 Å². The molecule has 1 aliphatic carbocycles. The molecule has 1 aliphatic rings. The number of rotatable bonds is 3. The largest absolute Gasteiger partial charge is 0.361 e. The number of fused-ring (bicyclic) bond motifs is 1. The van der Waals surface area contributed by atoms with Gasteiger partial charge in [-0.3, -0.25) is 0 Å². The molecule has 1 aromatic heterocycles. The average Bonchev–Trinajstić information content (AvgIpc) is 2.85. The minimum atomic E-state index is 0.711. The van der Waals surface area contributed by atoms with Crippen molar-refractivity contribution in [1.82, 2.24) is 10.3 Å². The van der Waals surface area contributed by atoms with E-state index in [-0.39, 0.29) is 0 Å². The van der Waals surface area contributed by atoms with Crippen LogP contribution in [0.4, 0.5) is 0 Å². The van der Waals surface area contributed by atoms with Crippen LogP contribution in [0.25, 0.3) is 10.9 Å². The van der Waals surface area contributed by atoms with E-state index in [1.807, 2.05) is 6.20 Å². The maximum atomic E-state index is 3.74. The number of aromatic amines is 1. The summed E-state index contributed by atoms with van der Waals surface area (Å²) in [6, 6.07) is 9.40. The Bertz CT molecular complexity index is 515. The lowest BCUT2D eigenvalue weighted by Crippen LogP contribution is -2.33. The van der Waals surface area contributed by atoms with Crippen molar-refractivity contribution in [2.75, 3.05) is 0 Å². The number of nitrogens with one attached hydrogen (secondary N) is 2. The molecule has 2 aromatic rings. The Labute approximate surface area is 109 Å². The minimum absolute atomic E-state index is 0.711. The molecule has 2 atom stereocenters. The first kappa shape index (κ1) is 11.8. The van der Waals surface area contributed by atoms with Crippen LogP contribution in [0, 0.1) is 5.92 Å². The highest BCUT2D eigenvalue weighted by Crippen LogP contribution is 2.24. The van der Waals surface area contributed by atoms with Crippen LogP contribution in [-0.2, 0) is 6.54 Å². The molecule has 1 aromatic carbocycles. The molecular weight excluding hydrogens is 220 g/mol. The topological polar surface area (TPSA) is 27.8 Å². The van der Waals surface area contributed by atoms with E-state index < -0.39 is 0 Å². The summed E-state index contributed by atoms with van der Waals surface area (Å²) in [6.07, 6.45) is 7.49. The van der Waals surface area contributed by atoms with E-state index in [9.17, 15) is 0 Å². The van der Waals surface area contributed by atoms with Gasteiger partial charge in [0.25, 0.3) is 0 Å². The summed E-state index contributed by atoms with van der Waals surface area (Å²) in [5.41, 5.74) is 2.65. The van der Waals surface area contributed by atoms with E-state index in [1.54, 1.807) is 0 Å². The lowest BCUT2D eigenvalue weighted by atomic mass is 9.87. The van der Waals surface area contributed by atoms with Gasteiger partial charge in [-0.15, -0.1) is 0 Å². The smallest absolute Gasteiger partial charge is 0.0457 e. The molecule has 1 heterocycles. The van der Waals surface area contributed by atoms with Crippen molar-refractivity contribution in [2.45, 2.75) is 45.2 Å². The van der Waals surface area contributed by atoms with Crippen LogP contribution in [0.15, 0.2) is 30.5 Å². The lowest BCUT2D eigenvalue weighted by molar-refractivity contribution is 0.301. The molecule has 2 N–H and O–H groups in total. The van der Waals surface area contributed by atoms with E-state index in [0.29, 0.717) is 6.04 Å². The van der Waals surface area contributed by atoms with Crippen LogP contribution in [0.3, 0.4) is 0 Å². The van der Waals surface area contributed by atoms with Gasteiger partial charge in [-0.2, -0.15) is 0 Å². The second-order valence-corrected chi connectivity index (χ2v) is 5.71. The molecule has 2 heteroatoms. The van der Waals surface area contributed by atoms with Crippen LogP contribution >= 0.6 is 0 Å². The summed E-state index contributed by atoms with van der Waals surface area (Å²) in [6.45, 7) is 3.37. The summed E-state index contributed by atoms with van der Waals surface area (Å²) in [7, 11) is 0. The number of hydrogen-bond donors (Lipinski definition) is 2. The fraction of sp³-hybridized carbons (Fsp3) is 0.500. The van der Waals surface area contributed by atoms with Gasteiger partial charge in [0.15, 0.2) is 0 Å². The van der Waals surface area contributed by atoms with Gasteiger partial charge in [-0.05, 0) is 36.5 Å². The van der Waals surface area contributed by atoms with E-state index in [4.69, 9.17) is 0 Å². The first-order valence-corrected chi connectivity index (χ1v) is 7.11. The Kier molecular flexibility index (Phi) is 3.37. The zero-order chi connectivity index (χ0) is 12.4. The summed E-state index contributed by atoms with van der Waals surface area (Å²) in [4.78, 5) is 3.28. The molecule has 0 radical (unpaired) electrons. The number of H-pyrrole nitrogens is 1. The van der Waals surface area contributed by atoms with Crippen LogP contribution in [0.5, 0.6) is 0 Å². The Morgan fingerprint density at radius 1 is 1.28 bits per heavy atom. The summed E-state index contributed by atoms with van der Waals surface area (Å²) >= 11 is 0.